The SMILES string of the molecule is C#CCNC(=O)CN(C)CCCOc1ccccc1. The summed E-state index contributed by atoms with van der Waals surface area (Å²) in [6, 6.07) is 9.69. The highest BCUT2D eigenvalue weighted by Crippen LogP contribution is 2.08. The van der Waals surface area contributed by atoms with Crippen LogP contribution in [0.1, 0.15) is 6.42 Å². The van der Waals surface area contributed by atoms with E-state index in [9.17, 15) is 4.79 Å². The van der Waals surface area contributed by atoms with Crippen LogP contribution in [0.3, 0.4) is 0 Å². The van der Waals surface area contributed by atoms with Crippen LogP contribution in [0.15, 0.2) is 30.3 Å². The number of rotatable bonds is 8. The fourth-order valence-corrected chi connectivity index (χ4v) is 1.57. The topological polar surface area (TPSA) is 41.6 Å². The molecule has 0 saturated carbocycles. The van der Waals surface area contributed by atoms with E-state index in [-0.39, 0.29) is 12.5 Å². The molecule has 1 aromatic rings. The summed E-state index contributed by atoms with van der Waals surface area (Å²) in [6.07, 6.45) is 5.94. The van der Waals surface area contributed by atoms with Gasteiger partial charge in [-0.15, -0.1) is 6.42 Å². The zero-order valence-corrected chi connectivity index (χ0v) is 11.3. The summed E-state index contributed by atoms with van der Waals surface area (Å²) in [5.74, 6) is 3.19. The molecule has 0 atom stereocenters. The van der Waals surface area contributed by atoms with Gasteiger partial charge in [0, 0.05) is 6.54 Å². The average molecular weight is 260 g/mol. The Labute approximate surface area is 114 Å². The Morgan fingerprint density at radius 2 is 2.16 bits per heavy atom. The molecule has 0 heterocycles. The largest absolute Gasteiger partial charge is 0.494 e. The number of ether oxygens (including phenoxy) is 1. The van der Waals surface area contributed by atoms with Gasteiger partial charge in [-0.1, -0.05) is 24.1 Å². The third-order valence-corrected chi connectivity index (χ3v) is 2.50. The summed E-state index contributed by atoms with van der Waals surface area (Å²) in [5, 5.41) is 2.63. The van der Waals surface area contributed by atoms with Crippen molar-refractivity contribution in [1.82, 2.24) is 10.2 Å². The lowest BCUT2D eigenvalue weighted by molar-refractivity contribution is -0.121. The van der Waals surface area contributed by atoms with Gasteiger partial charge >= 0.3 is 0 Å². The molecule has 0 unspecified atom stereocenters. The zero-order valence-electron chi connectivity index (χ0n) is 11.3. The Morgan fingerprint density at radius 3 is 2.84 bits per heavy atom. The zero-order chi connectivity index (χ0) is 13.9. The van der Waals surface area contributed by atoms with Crippen molar-refractivity contribution in [1.29, 1.82) is 0 Å². The third kappa shape index (κ3) is 7.12. The van der Waals surface area contributed by atoms with Crippen LogP contribution >= 0.6 is 0 Å². The fourth-order valence-electron chi connectivity index (χ4n) is 1.57. The molecular weight excluding hydrogens is 240 g/mol. The van der Waals surface area contributed by atoms with E-state index >= 15 is 0 Å². The fraction of sp³-hybridized carbons (Fsp3) is 0.400. The van der Waals surface area contributed by atoms with Crippen molar-refractivity contribution in [2.75, 3.05) is 33.3 Å². The van der Waals surface area contributed by atoms with E-state index in [1.165, 1.54) is 0 Å². The van der Waals surface area contributed by atoms with Crippen molar-refractivity contribution in [2.45, 2.75) is 6.42 Å². The van der Waals surface area contributed by atoms with E-state index < -0.39 is 0 Å². The van der Waals surface area contributed by atoms with Gasteiger partial charge in [0.1, 0.15) is 5.75 Å². The minimum Gasteiger partial charge on any atom is -0.494 e. The average Bonchev–Trinajstić information content (AvgIpc) is 2.42. The Bertz CT molecular complexity index is 412. The summed E-state index contributed by atoms with van der Waals surface area (Å²) < 4.78 is 5.57. The Balaban J connectivity index is 2.09. The molecule has 19 heavy (non-hydrogen) atoms. The molecule has 1 amide bonds. The summed E-state index contributed by atoms with van der Waals surface area (Å²) in [6.45, 7) is 2.08. The number of nitrogens with one attached hydrogen (secondary N) is 1. The van der Waals surface area contributed by atoms with Crippen molar-refractivity contribution in [3.05, 3.63) is 30.3 Å². The normalized spacial score (nSPS) is 9.95. The van der Waals surface area contributed by atoms with Gasteiger partial charge in [-0.05, 0) is 25.6 Å². The molecular formula is C15H20N2O2. The first-order chi connectivity index (χ1) is 9.22. The van der Waals surface area contributed by atoms with Gasteiger partial charge in [-0.25, -0.2) is 0 Å². The second-order valence-electron chi connectivity index (χ2n) is 4.23. The minimum atomic E-state index is -0.0515. The Kier molecular flexibility index (Phi) is 7.14. The molecule has 102 valence electrons. The van der Waals surface area contributed by atoms with Gasteiger partial charge in [0.05, 0.1) is 19.7 Å². The molecule has 0 fully saturated rings. The lowest BCUT2D eigenvalue weighted by atomic mass is 10.3. The number of benzene rings is 1. The van der Waals surface area contributed by atoms with E-state index in [1.807, 2.05) is 42.3 Å². The molecule has 0 aliphatic heterocycles. The third-order valence-electron chi connectivity index (χ3n) is 2.50. The number of amides is 1. The molecule has 1 N–H and O–H groups in total. The first-order valence-corrected chi connectivity index (χ1v) is 6.29. The van der Waals surface area contributed by atoms with Gasteiger partial charge < -0.3 is 10.1 Å². The van der Waals surface area contributed by atoms with Crippen molar-refractivity contribution in [3.8, 4) is 18.1 Å². The lowest BCUT2D eigenvalue weighted by Crippen LogP contribution is -2.36. The predicted octanol–water partition coefficient (Wildman–Crippen LogP) is 1.14. The maximum Gasteiger partial charge on any atom is 0.234 e. The van der Waals surface area contributed by atoms with Crippen molar-refractivity contribution >= 4 is 5.91 Å². The van der Waals surface area contributed by atoms with E-state index in [0.717, 1.165) is 18.7 Å². The Morgan fingerprint density at radius 1 is 1.42 bits per heavy atom. The molecule has 0 aliphatic carbocycles. The number of carbonyl (C=O) groups excluding carboxylic acids is 1. The summed E-state index contributed by atoms with van der Waals surface area (Å²) >= 11 is 0. The van der Waals surface area contributed by atoms with E-state index in [1.54, 1.807) is 0 Å². The first-order valence-electron chi connectivity index (χ1n) is 6.29. The standard InChI is InChI=1S/C15H20N2O2/c1-3-10-16-15(18)13-17(2)11-7-12-19-14-8-5-4-6-9-14/h1,4-6,8-9H,7,10-13H2,2H3,(H,16,18). The number of para-hydroxylation sites is 1. The second kappa shape index (κ2) is 9.01. The highest BCUT2D eigenvalue weighted by molar-refractivity contribution is 5.78. The molecule has 0 saturated heterocycles. The quantitative estimate of drug-likeness (QED) is 0.563. The van der Waals surface area contributed by atoms with E-state index in [0.29, 0.717) is 13.2 Å². The molecule has 1 rings (SSSR count). The van der Waals surface area contributed by atoms with Gasteiger partial charge in [-0.3, -0.25) is 9.69 Å². The van der Waals surface area contributed by atoms with Crippen LogP contribution in [0.5, 0.6) is 5.75 Å². The van der Waals surface area contributed by atoms with E-state index in [4.69, 9.17) is 11.2 Å². The van der Waals surface area contributed by atoms with Gasteiger partial charge in [0.25, 0.3) is 0 Å². The second-order valence-corrected chi connectivity index (χ2v) is 4.23. The number of likely N-dealkylation sites (N-methyl/N-ethyl adjacent to an activating group) is 1. The molecule has 4 heteroatoms. The van der Waals surface area contributed by atoms with E-state index in [2.05, 4.69) is 11.2 Å². The number of carbonyl (C=O) groups is 1. The van der Waals surface area contributed by atoms with Crippen molar-refractivity contribution in [2.24, 2.45) is 0 Å². The number of hydrogen-bond acceptors (Lipinski definition) is 3. The van der Waals surface area contributed by atoms with Crippen molar-refractivity contribution in [3.63, 3.8) is 0 Å². The molecule has 0 spiro atoms. The maximum absolute atomic E-state index is 11.4. The van der Waals surface area contributed by atoms with Crippen LogP contribution in [-0.2, 0) is 4.79 Å². The number of terminal acetylenes is 1. The van der Waals surface area contributed by atoms with Crippen molar-refractivity contribution < 1.29 is 9.53 Å². The van der Waals surface area contributed by atoms with Gasteiger partial charge in [-0.2, -0.15) is 0 Å². The van der Waals surface area contributed by atoms with Crippen LogP contribution in [0, 0.1) is 12.3 Å². The highest BCUT2D eigenvalue weighted by atomic mass is 16.5. The van der Waals surface area contributed by atoms with Crippen LogP contribution in [-0.4, -0.2) is 44.1 Å². The molecule has 0 aliphatic rings. The summed E-state index contributed by atoms with van der Waals surface area (Å²) in [4.78, 5) is 13.3. The molecule has 0 radical (unpaired) electrons. The lowest BCUT2D eigenvalue weighted by Gasteiger charge is -2.15. The molecule has 4 nitrogen and oxygen atoms in total. The maximum atomic E-state index is 11.4. The Hall–Kier alpha value is -1.99. The number of nitrogens with zero attached hydrogens (tertiary/aromatic N) is 1. The summed E-state index contributed by atoms with van der Waals surface area (Å²) in [5.41, 5.74) is 0. The molecule has 0 bridgehead atoms. The van der Waals surface area contributed by atoms with Gasteiger partial charge in [0.15, 0.2) is 0 Å². The van der Waals surface area contributed by atoms with Crippen LogP contribution in [0.25, 0.3) is 0 Å². The minimum absolute atomic E-state index is 0.0515. The summed E-state index contributed by atoms with van der Waals surface area (Å²) in [7, 11) is 1.90. The van der Waals surface area contributed by atoms with Gasteiger partial charge in [0.2, 0.25) is 5.91 Å². The number of hydrogen-bond donors (Lipinski definition) is 1. The smallest absolute Gasteiger partial charge is 0.234 e. The highest BCUT2D eigenvalue weighted by Gasteiger charge is 2.05. The predicted molar refractivity (Wildman–Crippen MR) is 75.9 cm³/mol. The van der Waals surface area contributed by atoms with Crippen LogP contribution in [0.4, 0.5) is 0 Å². The first kappa shape index (κ1) is 15.1. The van der Waals surface area contributed by atoms with Crippen LogP contribution < -0.4 is 10.1 Å². The molecule has 1 aromatic carbocycles. The monoisotopic (exact) mass is 260 g/mol. The molecule has 0 aromatic heterocycles. The van der Waals surface area contributed by atoms with Crippen LogP contribution in [0.2, 0.25) is 0 Å².